The largest absolute Gasteiger partial charge is 0.396 e. The van der Waals surface area contributed by atoms with Crippen LogP contribution >= 0.6 is 0 Å². The summed E-state index contributed by atoms with van der Waals surface area (Å²) in [5, 5.41) is 9.04. The second-order valence-corrected chi connectivity index (χ2v) is 4.42. The van der Waals surface area contributed by atoms with E-state index in [0.29, 0.717) is 12.5 Å². The van der Waals surface area contributed by atoms with Crippen LogP contribution in [0.4, 0.5) is 0 Å². The Morgan fingerprint density at radius 2 is 1.75 bits per heavy atom. The highest BCUT2D eigenvalue weighted by Crippen LogP contribution is 2.33. The Balaban J connectivity index is 2.33. The fourth-order valence-electron chi connectivity index (χ4n) is 2.29. The highest BCUT2D eigenvalue weighted by atomic mass is 16.3. The van der Waals surface area contributed by atoms with E-state index < -0.39 is 0 Å². The maximum atomic E-state index is 9.04. The van der Waals surface area contributed by atoms with Gasteiger partial charge >= 0.3 is 0 Å². The smallest absolute Gasteiger partial charge is 0.0459 e. The van der Waals surface area contributed by atoms with E-state index in [-0.39, 0.29) is 0 Å². The lowest BCUT2D eigenvalue weighted by Gasteiger charge is -2.30. The molecular weight excluding hydrogens is 148 g/mol. The summed E-state index contributed by atoms with van der Waals surface area (Å²) in [5.41, 5.74) is 0. The normalized spacial score (nSPS) is 25.2. The Hall–Kier alpha value is -0.0400. The summed E-state index contributed by atoms with van der Waals surface area (Å²) in [6.45, 7) is 4.83. The van der Waals surface area contributed by atoms with Crippen LogP contribution in [0.1, 0.15) is 46.0 Å². The van der Waals surface area contributed by atoms with Crippen LogP contribution in [0.15, 0.2) is 0 Å². The van der Waals surface area contributed by atoms with Crippen molar-refractivity contribution >= 4 is 0 Å². The van der Waals surface area contributed by atoms with Crippen LogP contribution in [0.5, 0.6) is 0 Å². The molecule has 0 saturated heterocycles. The van der Waals surface area contributed by atoms with E-state index in [4.69, 9.17) is 5.11 Å². The second kappa shape index (κ2) is 4.86. The summed E-state index contributed by atoms with van der Waals surface area (Å²) < 4.78 is 0. The van der Waals surface area contributed by atoms with Gasteiger partial charge in [0.2, 0.25) is 0 Å². The third-order valence-electron chi connectivity index (χ3n) is 3.58. The molecule has 0 aromatic heterocycles. The third kappa shape index (κ3) is 2.48. The summed E-state index contributed by atoms with van der Waals surface area (Å²) >= 11 is 0. The first kappa shape index (κ1) is 10.0. The summed E-state index contributed by atoms with van der Waals surface area (Å²) in [6.07, 6.45) is 7.04. The Bertz CT molecular complexity index is 116. The number of rotatable bonds is 3. The molecule has 0 aromatic rings. The van der Waals surface area contributed by atoms with Crippen molar-refractivity contribution in [3.63, 3.8) is 0 Å². The molecule has 0 amide bonds. The molecule has 0 aromatic carbocycles. The lowest BCUT2D eigenvalue weighted by atomic mass is 9.76. The Labute approximate surface area is 76.2 Å². The molecule has 0 heterocycles. The van der Waals surface area contributed by atoms with Crippen LogP contribution in [0, 0.1) is 17.8 Å². The number of hydrogen-bond donors (Lipinski definition) is 1. The monoisotopic (exact) mass is 170 g/mol. The van der Waals surface area contributed by atoms with Gasteiger partial charge in [0.25, 0.3) is 0 Å². The molecule has 0 bridgehead atoms. The van der Waals surface area contributed by atoms with Crippen molar-refractivity contribution in [2.45, 2.75) is 46.0 Å². The molecule has 0 radical (unpaired) electrons. The van der Waals surface area contributed by atoms with E-state index >= 15 is 0 Å². The van der Waals surface area contributed by atoms with E-state index in [1.807, 2.05) is 0 Å². The van der Waals surface area contributed by atoms with Crippen molar-refractivity contribution in [3.05, 3.63) is 0 Å². The van der Waals surface area contributed by atoms with Gasteiger partial charge in [-0.05, 0) is 17.8 Å². The average Bonchev–Trinajstić information content (AvgIpc) is 2.17. The molecule has 1 nitrogen and oxygen atoms in total. The third-order valence-corrected chi connectivity index (χ3v) is 3.58. The molecule has 1 fully saturated rings. The first-order chi connectivity index (χ1) is 5.75. The molecule has 1 aliphatic rings. The molecule has 2 atom stereocenters. The lowest BCUT2D eigenvalue weighted by Crippen LogP contribution is -2.23. The summed E-state index contributed by atoms with van der Waals surface area (Å²) in [7, 11) is 0. The van der Waals surface area contributed by atoms with Gasteiger partial charge < -0.3 is 5.11 Å². The van der Waals surface area contributed by atoms with Crippen molar-refractivity contribution in [1.82, 2.24) is 0 Å². The number of hydrogen-bond acceptors (Lipinski definition) is 1. The van der Waals surface area contributed by atoms with Gasteiger partial charge in [0, 0.05) is 6.61 Å². The quantitative estimate of drug-likeness (QED) is 0.690. The average molecular weight is 170 g/mol. The summed E-state index contributed by atoms with van der Waals surface area (Å²) in [4.78, 5) is 0. The predicted molar refractivity (Wildman–Crippen MR) is 52.0 cm³/mol. The number of aliphatic hydroxyl groups excluding tert-OH is 1. The second-order valence-electron chi connectivity index (χ2n) is 4.42. The van der Waals surface area contributed by atoms with Gasteiger partial charge in [-0.15, -0.1) is 0 Å². The fraction of sp³-hybridized carbons (Fsp3) is 1.00. The standard InChI is InChI=1S/C11H22O/c1-9(8-12)10(2)11-6-4-3-5-7-11/h9-12H,3-8H2,1-2H3. The topological polar surface area (TPSA) is 20.2 Å². The highest BCUT2D eigenvalue weighted by Gasteiger charge is 2.23. The van der Waals surface area contributed by atoms with E-state index in [9.17, 15) is 0 Å². The van der Waals surface area contributed by atoms with E-state index in [2.05, 4.69) is 13.8 Å². The van der Waals surface area contributed by atoms with Crippen LogP contribution in [0.2, 0.25) is 0 Å². The molecule has 1 heteroatoms. The van der Waals surface area contributed by atoms with Gasteiger partial charge in [-0.25, -0.2) is 0 Å². The van der Waals surface area contributed by atoms with Crippen LogP contribution in [-0.2, 0) is 0 Å². The lowest BCUT2D eigenvalue weighted by molar-refractivity contribution is 0.137. The molecular formula is C11H22O. The fourth-order valence-corrected chi connectivity index (χ4v) is 2.29. The van der Waals surface area contributed by atoms with E-state index in [1.54, 1.807) is 0 Å². The predicted octanol–water partition coefficient (Wildman–Crippen LogP) is 2.83. The Morgan fingerprint density at radius 3 is 2.25 bits per heavy atom. The van der Waals surface area contributed by atoms with Crippen LogP contribution in [0.3, 0.4) is 0 Å². The molecule has 12 heavy (non-hydrogen) atoms. The van der Waals surface area contributed by atoms with E-state index in [1.165, 1.54) is 32.1 Å². The van der Waals surface area contributed by atoms with Crippen molar-refractivity contribution in [1.29, 1.82) is 0 Å². The minimum absolute atomic E-state index is 0.359. The summed E-state index contributed by atoms with van der Waals surface area (Å²) in [5.74, 6) is 2.10. The maximum Gasteiger partial charge on any atom is 0.0459 e. The minimum atomic E-state index is 0.359. The van der Waals surface area contributed by atoms with Gasteiger partial charge in [-0.3, -0.25) is 0 Å². The van der Waals surface area contributed by atoms with Crippen molar-refractivity contribution in [2.75, 3.05) is 6.61 Å². The highest BCUT2D eigenvalue weighted by molar-refractivity contribution is 4.74. The van der Waals surface area contributed by atoms with Crippen molar-refractivity contribution in [2.24, 2.45) is 17.8 Å². The van der Waals surface area contributed by atoms with Gasteiger partial charge in [-0.2, -0.15) is 0 Å². The molecule has 0 aliphatic heterocycles. The molecule has 2 unspecified atom stereocenters. The molecule has 1 N–H and O–H groups in total. The van der Waals surface area contributed by atoms with Crippen LogP contribution in [-0.4, -0.2) is 11.7 Å². The summed E-state index contributed by atoms with van der Waals surface area (Å²) in [6, 6.07) is 0. The number of aliphatic hydroxyl groups is 1. The molecule has 1 rings (SSSR count). The van der Waals surface area contributed by atoms with Crippen molar-refractivity contribution in [3.8, 4) is 0 Å². The van der Waals surface area contributed by atoms with Gasteiger partial charge in [-0.1, -0.05) is 46.0 Å². The van der Waals surface area contributed by atoms with Gasteiger partial charge in [0.1, 0.15) is 0 Å². The zero-order chi connectivity index (χ0) is 8.97. The van der Waals surface area contributed by atoms with Gasteiger partial charge in [0.15, 0.2) is 0 Å². The first-order valence-corrected chi connectivity index (χ1v) is 5.36. The van der Waals surface area contributed by atoms with Crippen molar-refractivity contribution < 1.29 is 5.11 Å². The molecule has 72 valence electrons. The zero-order valence-electron chi connectivity index (χ0n) is 8.42. The first-order valence-electron chi connectivity index (χ1n) is 5.36. The van der Waals surface area contributed by atoms with E-state index in [0.717, 1.165) is 11.8 Å². The molecule has 0 spiro atoms. The van der Waals surface area contributed by atoms with Gasteiger partial charge in [0.05, 0.1) is 0 Å². The maximum absolute atomic E-state index is 9.04. The molecule has 1 aliphatic carbocycles. The zero-order valence-corrected chi connectivity index (χ0v) is 8.42. The SMILES string of the molecule is CC(CO)C(C)C1CCCCC1. The Morgan fingerprint density at radius 1 is 1.17 bits per heavy atom. The minimum Gasteiger partial charge on any atom is -0.396 e. The Kier molecular flexibility index (Phi) is 4.07. The van der Waals surface area contributed by atoms with Crippen LogP contribution in [0.25, 0.3) is 0 Å². The molecule has 1 saturated carbocycles. The van der Waals surface area contributed by atoms with Crippen LogP contribution < -0.4 is 0 Å².